The third-order valence-corrected chi connectivity index (χ3v) is 5.54. The molecule has 0 unspecified atom stereocenters. The Kier molecular flexibility index (Phi) is 6.47. The van der Waals surface area contributed by atoms with E-state index in [0.717, 1.165) is 49.7 Å². The van der Waals surface area contributed by atoms with E-state index in [0.29, 0.717) is 13.1 Å². The number of carbonyl (C=O) groups is 2. The van der Waals surface area contributed by atoms with Crippen LogP contribution in [0.2, 0.25) is 5.02 Å². The van der Waals surface area contributed by atoms with E-state index in [9.17, 15) is 9.59 Å². The lowest BCUT2D eigenvalue weighted by molar-refractivity contribution is -0.137. The fourth-order valence-electron chi connectivity index (χ4n) is 3.78. The fourth-order valence-corrected chi connectivity index (χ4v) is 3.97. The second kappa shape index (κ2) is 8.83. The summed E-state index contributed by atoms with van der Waals surface area (Å²) in [7, 11) is 0. The van der Waals surface area contributed by atoms with E-state index in [1.807, 2.05) is 41.8 Å². The maximum absolute atomic E-state index is 12.9. The van der Waals surface area contributed by atoms with Crippen molar-refractivity contribution in [3.63, 3.8) is 0 Å². The number of benzene rings is 1. The number of rotatable bonds is 3. The minimum atomic E-state index is -0.0222. The van der Waals surface area contributed by atoms with Crippen molar-refractivity contribution in [1.29, 1.82) is 0 Å². The highest BCUT2D eigenvalue weighted by Crippen LogP contribution is 2.23. The highest BCUT2D eigenvalue weighted by Gasteiger charge is 2.31. The topological polar surface area (TPSA) is 55.9 Å². The van der Waals surface area contributed by atoms with Crippen LogP contribution in [-0.2, 0) is 4.79 Å². The smallest absolute Gasteiger partial charge is 0.317 e. The summed E-state index contributed by atoms with van der Waals surface area (Å²) in [5.74, 6) is 0.274. The summed E-state index contributed by atoms with van der Waals surface area (Å²) in [6.45, 7) is 8.32. The minimum Gasteiger partial charge on any atom is -0.368 e. The molecule has 0 bridgehead atoms. The molecular formula is C20H29ClN4O2. The largest absolute Gasteiger partial charge is 0.368 e. The van der Waals surface area contributed by atoms with Crippen LogP contribution in [0.5, 0.6) is 0 Å². The maximum atomic E-state index is 12.9. The van der Waals surface area contributed by atoms with Crippen LogP contribution in [0.3, 0.4) is 0 Å². The number of anilines is 1. The number of likely N-dealkylation sites (tertiary alicyclic amines) is 1. The average molecular weight is 393 g/mol. The lowest BCUT2D eigenvalue weighted by atomic mass is 9.95. The highest BCUT2D eigenvalue weighted by molar-refractivity contribution is 6.30. The van der Waals surface area contributed by atoms with Crippen LogP contribution in [0.25, 0.3) is 0 Å². The third-order valence-electron chi connectivity index (χ3n) is 5.31. The molecule has 3 rings (SSSR count). The van der Waals surface area contributed by atoms with Crippen LogP contribution in [0.15, 0.2) is 24.3 Å². The summed E-state index contributed by atoms with van der Waals surface area (Å²) in [5, 5.41) is 3.66. The van der Waals surface area contributed by atoms with Crippen LogP contribution < -0.4 is 10.2 Å². The number of nitrogens with one attached hydrogen (secondary N) is 1. The Labute approximate surface area is 166 Å². The predicted octanol–water partition coefficient (Wildman–Crippen LogP) is 2.82. The molecule has 2 aliphatic rings. The first-order valence-corrected chi connectivity index (χ1v) is 10.2. The van der Waals surface area contributed by atoms with E-state index in [4.69, 9.17) is 11.6 Å². The second-order valence-corrected chi connectivity index (χ2v) is 8.09. The molecule has 0 aliphatic carbocycles. The van der Waals surface area contributed by atoms with Crippen molar-refractivity contribution in [1.82, 2.24) is 15.1 Å². The normalized spacial score (nSPS) is 18.7. The molecule has 27 heavy (non-hydrogen) atoms. The van der Waals surface area contributed by atoms with Gasteiger partial charge in [-0.15, -0.1) is 0 Å². The molecule has 0 radical (unpaired) electrons. The number of hydrogen-bond acceptors (Lipinski definition) is 3. The van der Waals surface area contributed by atoms with Gasteiger partial charge in [-0.25, -0.2) is 4.79 Å². The van der Waals surface area contributed by atoms with Crippen LogP contribution in [0.4, 0.5) is 10.5 Å². The van der Waals surface area contributed by atoms with Crippen molar-refractivity contribution in [2.45, 2.75) is 32.7 Å². The summed E-state index contributed by atoms with van der Waals surface area (Å²) in [5.41, 5.74) is 1.11. The predicted molar refractivity (Wildman–Crippen MR) is 108 cm³/mol. The molecule has 0 saturated carbocycles. The molecule has 6 nitrogen and oxygen atoms in total. The molecule has 148 valence electrons. The van der Waals surface area contributed by atoms with E-state index < -0.39 is 0 Å². The quantitative estimate of drug-likeness (QED) is 0.860. The van der Waals surface area contributed by atoms with Gasteiger partial charge >= 0.3 is 6.03 Å². The second-order valence-electron chi connectivity index (χ2n) is 7.66. The molecule has 0 spiro atoms. The van der Waals surface area contributed by atoms with Crippen molar-refractivity contribution in [3.05, 3.63) is 29.3 Å². The Bertz CT molecular complexity index is 666. The minimum absolute atomic E-state index is 0.0222. The number of halogens is 1. The zero-order valence-electron chi connectivity index (χ0n) is 16.2. The van der Waals surface area contributed by atoms with E-state index in [-0.39, 0.29) is 23.9 Å². The molecule has 1 N–H and O–H groups in total. The number of piperazine rings is 1. The number of hydrogen-bond donors (Lipinski definition) is 1. The first-order valence-electron chi connectivity index (χ1n) is 9.79. The summed E-state index contributed by atoms with van der Waals surface area (Å²) < 4.78 is 0. The zero-order valence-corrected chi connectivity index (χ0v) is 16.9. The Morgan fingerprint density at radius 3 is 2.30 bits per heavy atom. The van der Waals surface area contributed by atoms with E-state index in [2.05, 4.69) is 16.3 Å². The van der Waals surface area contributed by atoms with Gasteiger partial charge in [0.25, 0.3) is 0 Å². The van der Waals surface area contributed by atoms with Crippen molar-refractivity contribution in [2.75, 3.05) is 44.2 Å². The van der Waals surface area contributed by atoms with Gasteiger partial charge in [0.2, 0.25) is 5.91 Å². The van der Waals surface area contributed by atoms with Crippen LogP contribution in [0, 0.1) is 5.92 Å². The first kappa shape index (κ1) is 19.8. The number of urea groups is 1. The SMILES string of the molecule is CC(C)NC(=O)N1CCC(C(=O)N2CCN(c3cccc(Cl)c3)CC2)CC1. The molecule has 2 aliphatic heterocycles. The van der Waals surface area contributed by atoms with Gasteiger partial charge in [0.15, 0.2) is 0 Å². The van der Waals surface area contributed by atoms with Gasteiger partial charge in [-0.2, -0.15) is 0 Å². The molecule has 0 aromatic heterocycles. The Morgan fingerprint density at radius 2 is 1.70 bits per heavy atom. The van der Waals surface area contributed by atoms with Crippen LogP contribution in [-0.4, -0.2) is 67.0 Å². The Morgan fingerprint density at radius 1 is 1.04 bits per heavy atom. The molecule has 2 saturated heterocycles. The summed E-state index contributed by atoms with van der Waals surface area (Å²) in [4.78, 5) is 31.0. The van der Waals surface area contributed by atoms with Crippen LogP contribution in [0.1, 0.15) is 26.7 Å². The molecule has 1 aromatic rings. The van der Waals surface area contributed by atoms with Gasteiger partial charge in [-0.3, -0.25) is 4.79 Å². The zero-order chi connectivity index (χ0) is 19.4. The van der Waals surface area contributed by atoms with Crippen molar-refractivity contribution >= 4 is 29.2 Å². The van der Waals surface area contributed by atoms with Crippen molar-refractivity contribution in [2.24, 2.45) is 5.92 Å². The number of piperidine rings is 1. The van der Waals surface area contributed by atoms with Gasteiger partial charge in [0.05, 0.1) is 0 Å². The van der Waals surface area contributed by atoms with E-state index in [1.165, 1.54) is 0 Å². The van der Waals surface area contributed by atoms with E-state index >= 15 is 0 Å². The maximum Gasteiger partial charge on any atom is 0.317 e. The summed E-state index contributed by atoms with van der Waals surface area (Å²) >= 11 is 6.08. The third kappa shape index (κ3) is 5.06. The average Bonchev–Trinajstić information content (AvgIpc) is 2.67. The molecular weight excluding hydrogens is 364 g/mol. The Hall–Kier alpha value is -1.95. The molecule has 3 amide bonds. The number of carbonyl (C=O) groups excluding carboxylic acids is 2. The van der Waals surface area contributed by atoms with Gasteiger partial charge in [-0.05, 0) is 44.9 Å². The molecule has 1 aromatic carbocycles. The monoisotopic (exact) mass is 392 g/mol. The highest BCUT2D eigenvalue weighted by atomic mass is 35.5. The van der Waals surface area contributed by atoms with E-state index in [1.54, 1.807) is 0 Å². The first-order chi connectivity index (χ1) is 12.9. The molecule has 0 atom stereocenters. The molecule has 2 heterocycles. The van der Waals surface area contributed by atoms with Crippen molar-refractivity contribution in [3.8, 4) is 0 Å². The standard InChI is InChI=1S/C20H29ClN4O2/c1-15(2)22-20(27)25-8-6-16(7-9-25)19(26)24-12-10-23(11-13-24)18-5-3-4-17(21)14-18/h3-5,14-16H,6-13H2,1-2H3,(H,22,27). The number of nitrogens with zero attached hydrogens (tertiary/aromatic N) is 3. The lowest BCUT2D eigenvalue weighted by Gasteiger charge is -2.39. The van der Waals surface area contributed by atoms with Gasteiger partial charge < -0.3 is 20.0 Å². The molecule has 7 heteroatoms. The van der Waals surface area contributed by atoms with Crippen LogP contribution >= 0.6 is 11.6 Å². The van der Waals surface area contributed by atoms with Gasteiger partial charge in [0.1, 0.15) is 0 Å². The van der Waals surface area contributed by atoms with Gasteiger partial charge in [-0.1, -0.05) is 17.7 Å². The Balaban J connectivity index is 1.47. The fraction of sp³-hybridized carbons (Fsp3) is 0.600. The summed E-state index contributed by atoms with van der Waals surface area (Å²) in [6, 6.07) is 7.97. The lowest BCUT2D eigenvalue weighted by Crippen LogP contribution is -2.53. The molecule has 2 fully saturated rings. The van der Waals surface area contributed by atoms with Crippen molar-refractivity contribution < 1.29 is 9.59 Å². The number of amides is 3. The summed E-state index contributed by atoms with van der Waals surface area (Å²) in [6.07, 6.45) is 1.50. The van der Waals surface area contributed by atoms with Gasteiger partial charge in [0, 0.05) is 61.9 Å².